The van der Waals surface area contributed by atoms with Crippen molar-refractivity contribution in [1.82, 2.24) is 4.98 Å². The Hall–Kier alpha value is -1.39. The molecule has 0 aliphatic carbocycles. The normalized spacial score (nSPS) is 10.9. The molecule has 2 aromatic rings. The van der Waals surface area contributed by atoms with Crippen molar-refractivity contribution in [3.63, 3.8) is 0 Å². The van der Waals surface area contributed by atoms with Crippen molar-refractivity contribution in [3.05, 3.63) is 46.3 Å². The first-order valence-corrected chi connectivity index (χ1v) is 5.27. The van der Waals surface area contributed by atoms with Crippen LogP contribution < -0.4 is 0 Å². The van der Waals surface area contributed by atoms with Crippen LogP contribution in [0, 0.1) is 10.1 Å². The number of nitrogens with zero attached hydrogens (tertiary/aromatic N) is 2. The van der Waals surface area contributed by atoms with Gasteiger partial charge >= 0.3 is 0 Å². The van der Waals surface area contributed by atoms with Crippen molar-refractivity contribution < 1.29 is 4.92 Å². The molecule has 0 saturated heterocycles. The average molecular weight is 257 g/mol. The highest BCUT2D eigenvalue weighted by Gasteiger charge is 2.22. The lowest BCUT2D eigenvalue weighted by Gasteiger charge is -2.05. The second-order valence-corrected chi connectivity index (χ2v) is 4.25. The van der Waals surface area contributed by atoms with Crippen LogP contribution in [0.25, 0.3) is 10.8 Å². The highest BCUT2D eigenvalue weighted by atomic mass is 35.5. The van der Waals surface area contributed by atoms with Gasteiger partial charge in [-0.05, 0) is 12.1 Å². The second kappa shape index (κ2) is 4.23. The summed E-state index contributed by atoms with van der Waals surface area (Å²) < 4.78 is 0. The van der Waals surface area contributed by atoms with E-state index >= 15 is 0 Å². The molecule has 0 atom stereocenters. The average Bonchev–Trinajstić information content (AvgIpc) is 2.27. The SMILES string of the molecule is O=[N+]([O-])c1c(C(Cl)Cl)ccc2cnccc12. The zero-order chi connectivity index (χ0) is 11.7. The van der Waals surface area contributed by atoms with Gasteiger partial charge in [-0.2, -0.15) is 0 Å². The van der Waals surface area contributed by atoms with Gasteiger partial charge in [0.15, 0.2) is 0 Å². The fourth-order valence-corrected chi connectivity index (χ4v) is 1.90. The van der Waals surface area contributed by atoms with Gasteiger partial charge in [0.05, 0.1) is 15.9 Å². The Kier molecular flexibility index (Phi) is 2.94. The van der Waals surface area contributed by atoms with Crippen molar-refractivity contribution in [3.8, 4) is 0 Å². The molecule has 16 heavy (non-hydrogen) atoms. The van der Waals surface area contributed by atoms with Gasteiger partial charge in [-0.1, -0.05) is 29.3 Å². The van der Waals surface area contributed by atoms with E-state index in [-0.39, 0.29) is 5.69 Å². The van der Waals surface area contributed by atoms with Crippen molar-refractivity contribution in [2.45, 2.75) is 4.84 Å². The number of hydrogen-bond acceptors (Lipinski definition) is 3. The summed E-state index contributed by atoms with van der Waals surface area (Å²) in [6, 6.07) is 4.84. The Morgan fingerprint density at radius 2 is 2.06 bits per heavy atom. The number of rotatable bonds is 2. The van der Waals surface area contributed by atoms with Crippen LogP contribution in [0.4, 0.5) is 5.69 Å². The monoisotopic (exact) mass is 256 g/mol. The number of pyridine rings is 1. The highest BCUT2D eigenvalue weighted by molar-refractivity contribution is 6.44. The molecule has 0 bridgehead atoms. The molecule has 1 aromatic carbocycles. The number of halogens is 2. The summed E-state index contributed by atoms with van der Waals surface area (Å²) in [6.45, 7) is 0. The van der Waals surface area contributed by atoms with E-state index in [4.69, 9.17) is 23.2 Å². The van der Waals surface area contributed by atoms with Crippen molar-refractivity contribution in [2.75, 3.05) is 0 Å². The summed E-state index contributed by atoms with van der Waals surface area (Å²) >= 11 is 11.4. The molecule has 2 rings (SSSR count). The molecule has 4 nitrogen and oxygen atoms in total. The molecule has 0 spiro atoms. The molecule has 6 heteroatoms. The van der Waals surface area contributed by atoms with E-state index in [0.29, 0.717) is 16.3 Å². The number of aromatic nitrogens is 1. The lowest BCUT2D eigenvalue weighted by molar-refractivity contribution is -0.383. The third-order valence-corrected chi connectivity index (χ3v) is 2.71. The molecule has 1 heterocycles. The lowest BCUT2D eigenvalue weighted by atomic mass is 10.1. The van der Waals surface area contributed by atoms with Gasteiger partial charge in [0.1, 0.15) is 4.84 Å². The van der Waals surface area contributed by atoms with E-state index in [1.807, 2.05) is 0 Å². The number of nitro groups is 1. The first kappa shape index (κ1) is 11.1. The maximum absolute atomic E-state index is 11.0. The minimum absolute atomic E-state index is 0.0603. The zero-order valence-corrected chi connectivity index (χ0v) is 9.44. The second-order valence-electron chi connectivity index (χ2n) is 3.16. The number of fused-ring (bicyclic) bond motifs is 1. The van der Waals surface area contributed by atoms with E-state index < -0.39 is 9.76 Å². The summed E-state index contributed by atoms with van der Waals surface area (Å²) in [7, 11) is 0. The van der Waals surface area contributed by atoms with Gasteiger partial charge in [0, 0.05) is 17.8 Å². The van der Waals surface area contributed by atoms with Crippen molar-refractivity contribution >= 4 is 39.7 Å². The summed E-state index contributed by atoms with van der Waals surface area (Å²) in [5.41, 5.74) is 0.238. The highest BCUT2D eigenvalue weighted by Crippen LogP contribution is 2.37. The van der Waals surface area contributed by atoms with Crippen LogP contribution in [0.3, 0.4) is 0 Å². The smallest absolute Gasteiger partial charge is 0.264 e. The Bertz CT molecular complexity index is 558. The third-order valence-electron chi connectivity index (χ3n) is 2.24. The van der Waals surface area contributed by atoms with Crippen molar-refractivity contribution in [2.24, 2.45) is 0 Å². The van der Waals surface area contributed by atoms with Gasteiger partial charge in [-0.15, -0.1) is 0 Å². The lowest BCUT2D eigenvalue weighted by Crippen LogP contribution is -1.96. The van der Waals surface area contributed by atoms with Gasteiger partial charge in [-0.25, -0.2) is 0 Å². The number of benzene rings is 1. The standard InChI is InChI=1S/C10H6Cl2N2O2/c11-10(12)8-2-1-6-5-13-4-3-7(6)9(8)14(15)16/h1-5,10H. The molecule has 0 aliphatic heterocycles. The summed E-state index contributed by atoms with van der Waals surface area (Å²) in [5, 5.41) is 12.2. The molecule has 1 aromatic heterocycles. The van der Waals surface area contributed by atoms with Crippen LogP contribution >= 0.6 is 23.2 Å². The molecule has 0 aliphatic rings. The fourth-order valence-electron chi connectivity index (χ4n) is 1.55. The van der Waals surface area contributed by atoms with Gasteiger partial charge in [0.25, 0.3) is 5.69 Å². The van der Waals surface area contributed by atoms with Crippen LogP contribution in [-0.4, -0.2) is 9.91 Å². The zero-order valence-electron chi connectivity index (χ0n) is 7.93. The van der Waals surface area contributed by atoms with E-state index in [9.17, 15) is 10.1 Å². The molecule has 0 saturated carbocycles. The van der Waals surface area contributed by atoms with E-state index in [1.54, 1.807) is 24.4 Å². The topological polar surface area (TPSA) is 56.0 Å². The first-order valence-electron chi connectivity index (χ1n) is 4.40. The summed E-state index contributed by atoms with van der Waals surface area (Å²) in [4.78, 5) is 13.5. The molecule has 82 valence electrons. The molecule has 0 amide bonds. The maximum atomic E-state index is 11.0. The largest absolute Gasteiger partial charge is 0.283 e. The van der Waals surface area contributed by atoms with Crippen LogP contribution in [0.2, 0.25) is 0 Å². The predicted octanol–water partition coefficient (Wildman–Crippen LogP) is 3.62. The van der Waals surface area contributed by atoms with Crippen LogP contribution in [-0.2, 0) is 0 Å². The Labute approximate surface area is 101 Å². The predicted molar refractivity (Wildman–Crippen MR) is 62.8 cm³/mol. The Balaban J connectivity index is 2.84. The van der Waals surface area contributed by atoms with Crippen molar-refractivity contribution in [1.29, 1.82) is 0 Å². The van der Waals surface area contributed by atoms with Gasteiger partial charge in [-0.3, -0.25) is 15.1 Å². The van der Waals surface area contributed by atoms with E-state index in [0.717, 1.165) is 0 Å². The summed E-state index contributed by atoms with van der Waals surface area (Å²) in [5.74, 6) is 0. The Morgan fingerprint density at radius 3 is 2.69 bits per heavy atom. The molecule has 0 radical (unpaired) electrons. The number of nitro benzene ring substituents is 1. The van der Waals surface area contributed by atoms with E-state index in [2.05, 4.69) is 4.98 Å². The minimum atomic E-state index is -0.919. The quantitative estimate of drug-likeness (QED) is 0.469. The van der Waals surface area contributed by atoms with Gasteiger partial charge < -0.3 is 0 Å². The molecular formula is C10H6Cl2N2O2. The van der Waals surface area contributed by atoms with Crippen LogP contribution in [0.15, 0.2) is 30.6 Å². The third kappa shape index (κ3) is 1.81. The van der Waals surface area contributed by atoms with Crippen LogP contribution in [0.1, 0.15) is 10.4 Å². The van der Waals surface area contributed by atoms with Crippen LogP contribution in [0.5, 0.6) is 0 Å². The van der Waals surface area contributed by atoms with E-state index in [1.165, 1.54) is 6.20 Å². The fraction of sp³-hybridized carbons (Fsp3) is 0.100. The molecule has 0 N–H and O–H groups in total. The number of hydrogen-bond donors (Lipinski definition) is 0. The molecule has 0 fully saturated rings. The molecule has 0 unspecified atom stereocenters. The number of alkyl halides is 2. The first-order chi connectivity index (χ1) is 7.61. The Morgan fingerprint density at radius 1 is 1.31 bits per heavy atom. The molecular weight excluding hydrogens is 251 g/mol. The van der Waals surface area contributed by atoms with Gasteiger partial charge in [0.2, 0.25) is 0 Å². The summed E-state index contributed by atoms with van der Waals surface area (Å²) in [6.07, 6.45) is 3.06. The maximum Gasteiger partial charge on any atom is 0.283 e. The minimum Gasteiger partial charge on any atom is -0.264 e.